The first-order valence-electron chi connectivity index (χ1n) is 6.98. The minimum absolute atomic E-state index is 0.184. The molecule has 0 aromatic heterocycles. The van der Waals surface area contributed by atoms with E-state index >= 15 is 0 Å². The third-order valence-corrected chi connectivity index (χ3v) is 4.47. The minimum atomic E-state index is -0.290. The number of nitrogens with one attached hydrogen (secondary N) is 2. The molecule has 0 unspecified atom stereocenters. The number of halogens is 1. The summed E-state index contributed by atoms with van der Waals surface area (Å²) in [5.41, 5.74) is 0.806. The summed E-state index contributed by atoms with van der Waals surface area (Å²) in [5, 5.41) is 7.25. The first-order valence-corrected chi connectivity index (χ1v) is 7.36. The summed E-state index contributed by atoms with van der Waals surface area (Å²) in [7, 11) is 0. The van der Waals surface area contributed by atoms with Gasteiger partial charge in [-0.2, -0.15) is 0 Å². The monoisotopic (exact) mass is 278 g/mol. The van der Waals surface area contributed by atoms with Gasteiger partial charge in [-0.25, -0.2) is 0 Å². The summed E-state index contributed by atoms with van der Waals surface area (Å²) in [5.74, 6) is 0.184. The first kappa shape index (κ1) is 12.9. The van der Waals surface area contributed by atoms with Gasteiger partial charge in [0.2, 0.25) is 5.91 Å². The van der Waals surface area contributed by atoms with Crippen molar-refractivity contribution in [1.82, 2.24) is 10.6 Å². The molecule has 102 valence electrons. The maximum Gasteiger partial charge on any atom is 0.230 e. The van der Waals surface area contributed by atoms with Crippen molar-refractivity contribution in [3.05, 3.63) is 34.9 Å². The highest BCUT2D eigenvalue weighted by Gasteiger charge is 2.51. The molecule has 3 rings (SSSR count). The van der Waals surface area contributed by atoms with Crippen molar-refractivity contribution in [3.8, 4) is 0 Å². The van der Waals surface area contributed by atoms with Crippen molar-refractivity contribution in [2.75, 3.05) is 13.1 Å². The number of hydrogen-bond acceptors (Lipinski definition) is 2. The lowest BCUT2D eigenvalue weighted by molar-refractivity contribution is -0.124. The van der Waals surface area contributed by atoms with E-state index in [2.05, 4.69) is 10.6 Å². The topological polar surface area (TPSA) is 41.1 Å². The van der Waals surface area contributed by atoms with E-state index in [0.29, 0.717) is 0 Å². The number of piperidine rings is 1. The van der Waals surface area contributed by atoms with Crippen molar-refractivity contribution < 1.29 is 4.79 Å². The lowest BCUT2D eigenvalue weighted by Gasteiger charge is -2.26. The van der Waals surface area contributed by atoms with Crippen LogP contribution < -0.4 is 10.6 Å². The fourth-order valence-electron chi connectivity index (χ4n) is 2.84. The second kappa shape index (κ2) is 5.14. The van der Waals surface area contributed by atoms with E-state index in [1.54, 1.807) is 0 Å². The number of carbonyl (C=O) groups excluding carboxylic acids is 1. The molecule has 1 heterocycles. The number of carbonyl (C=O) groups is 1. The quantitative estimate of drug-likeness (QED) is 0.890. The molecule has 3 nitrogen and oxygen atoms in total. The van der Waals surface area contributed by atoms with Crippen LogP contribution in [0.15, 0.2) is 24.3 Å². The van der Waals surface area contributed by atoms with E-state index < -0.39 is 0 Å². The summed E-state index contributed by atoms with van der Waals surface area (Å²) in [4.78, 5) is 12.5. The molecule has 0 radical (unpaired) electrons. The van der Waals surface area contributed by atoms with Gasteiger partial charge in [0, 0.05) is 17.6 Å². The number of benzene rings is 1. The van der Waals surface area contributed by atoms with Gasteiger partial charge >= 0.3 is 0 Å². The summed E-state index contributed by atoms with van der Waals surface area (Å²) in [6.07, 6.45) is 4.11. The van der Waals surface area contributed by atoms with E-state index in [4.69, 9.17) is 11.6 Å². The van der Waals surface area contributed by atoms with Crippen LogP contribution in [0.3, 0.4) is 0 Å². The van der Waals surface area contributed by atoms with Gasteiger partial charge in [-0.05, 0) is 49.9 Å². The van der Waals surface area contributed by atoms with Gasteiger partial charge in [0.05, 0.1) is 5.41 Å². The molecular formula is C15H19ClN2O. The molecule has 1 aliphatic heterocycles. The van der Waals surface area contributed by atoms with E-state index in [9.17, 15) is 4.79 Å². The summed E-state index contributed by atoms with van der Waals surface area (Å²) >= 11 is 5.91. The molecule has 1 saturated heterocycles. The van der Waals surface area contributed by atoms with Crippen LogP contribution in [0, 0.1) is 0 Å². The molecule has 4 heteroatoms. The van der Waals surface area contributed by atoms with Gasteiger partial charge in [0.25, 0.3) is 0 Å². The molecule has 1 atom stereocenters. The van der Waals surface area contributed by atoms with Crippen LogP contribution in [0.25, 0.3) is 0 Å². The molecule has 1 aromatic rings. The average Bonchev–Trinajstić information content (AvgIpc) is 3.22. The highest BCUT2D eigenvalue weighted by molar-refractivity contribution is 6.30. The summed E-state index contributed by atoms with van der Waals surface area (Å²) in [6.45, 7) is 1.96. The Labute approximate surface area is 118 Å². The standard InChI is InChI=1S/C15H19ClN2O/c16-12-5-3-11(4-6-12)15(7-8-15)14(19)18-13-2-1-9-17-10-13/h3-6,13,17H,1-2,7-10H2,(H,18,19)/t13-/m1/s1. The van der Waals surface area contributed by atoms with Crippen LogP contribution >= 0.6 is 11.6 Å². The lowest BCUT2D eigenvalue weighted by atomic mass is 9.94. The molecule has 1 saturated carbocycles. The summed E-state index contributed by atoms with van der Waals surface area (Å²) < 4.78 is 0. The minimum Gasteiger partial charge on any atom is -0.351 e. The predicted molar refractivity (Wildman–Crippen MR) is 76.4 cm³/mol. The van der Waals surface area contributed by atoms with E-state index in [1.807, 2.05) is 24.3 Å². The highest BCUT2D eigenvalue weighted by atomic mass is 35.5. The fraction of sp³-hybridized carbons (Fsp3) is 0.533. The van der Waals surface area contributed by atoms with Crippen LogP contribution in [-0.4, -0.2) is 25.0 Å². The number of amides is 1. The fourth-order valence-corrected chi connectivity index (χ4v) is 2.97. The van der Waals surface area contributed by atoms with Crippen molar-refractivity contribution in [2.45, 2.75) is 37.1 Å². The maximum atomic E-state index is 12.5. The third kappa shape index (κ3) is 2.63. The van der Waals surface area contributed by atoms with Crippen LogP contribution in [0.5, 0.6) is 0 Å². The van der Waals surface area contributed by atoms with Gasteiger partial charge in [0.15, 0.2) is 0 Å². The zero-order chi connectivity index (χ0) is 13.3. The molecule has 0 bridgehead atoms. The Morgan fingerprint density at radius 3 is 2.63 bits per heavy atom. The second-order valence-electron chi connectivity index (χ2n) is 5.61. The van der Waals surface area contributed by atoms with Crippen LogP contribution in [0.4, 0.5) is 0 Å². The predicted octanol–water partition coefficient (Wildman–Crippen LogP) is 2.24. The van der Waals surface area contributed by atoms with E-state index in [1.165, 1.54) is 0 Å². The largest absolute Gasteiger partial charge is 0.351 e. The van der Waals surface area contributed by atoms with Crippen molar-refractivity contribution in [2.24, 2.45) is 0 Å². The molecule has 19 heavy (non-hydrogen) atoms. The van der Waals surface area contributed by atoms with Crippen LogP contribution in [0.2, 0.25) is 5.02 Å². The van der Waals surface area contributed by atoms with Crippen LogP contribution in [0.1, 0.15) is 31.2 Å². The third-order valence-electron chi connectivity index (χ3n) is 4.21. The highest BCUT2D eigenvalue weighted by Crippen LogP contribution is 2.48. The van der Waals surface area contributed by atoms with E-state index in [0.717, 1.165) is 49.4 Å². The Morgan fingerprint density at radius 2 is 2.05 bits per heavy atom. The molecule has 1 aliphatic carbocycles. The van der Waals surface area contributed by atoms with Crippen molar-refractivity contribution in [3.63, 3.8) is 0 Å². The average molecular weight is 279 g/mol. The van der Waals surface area contributed by atoms with Gasteiger partial charge in [-0.15, -0.1) is 0 Å². The molecule has 2 fully saturated rings. The second-order valence-corrected chi connectivity index (χ2v) is 6.04. The molecular weight excluding hydrogens is 260 g/mol. The molecule has 0 spiro atoms. The van der Waals surface area contributed by atoms with Crippen LogP contribution in [-0.2, 0) is 10.2 Å². The summed E-state index contributed by atoms with van der Waals surface area (Å²) in [6, 6.07) is 7.98. The smallest absolute Gasteiger partial charge is 0.230 e. The molecule has 2 N–H and O–H groups in total. The normalized spacial score (nSPS) is 24.8. The number of rotatable bonds is 3. The first-order chi connectivity index (χ1) is 9.21. The number of hydrogen-bond donors (Lipinski definition) is 2. The zero-order valence-electron chi connectivity index (χ0n) is 10.9. The van der Waals surface area contributed by atoms with Gasteiger partial charge < -0.3 is 10.6 Å². The zero-order valence-corrected chi connectivity index (χ0v) is 11.7. The molecule has 1 amide bonds. The molecule has 1 aromatic carbocycles. The Morgan fingerprint density at radius 1 is 1.32 bits per heavy atom. The van der Waals surface area contributed by atoms with Gasteiger partial charge in [-0.1, -0.05) is 23.7 Å². The lowest BCUT2D eigenvalue weighted by Crippen LogP contribution is -2.48. The van der Waals surface area contributed by atoms with Gasteiger partial charge in [0.1, 0.15) is 0 Å². The van der Waals surface area contributed by atoms with Gasteiger partial charge in [-0.3, -0.25) is 4.79 Å². The Bertz CT molecular complexity index is 462. The Balaban J connectivity index is 1.70. The Kier molecular flexibility index (Phi) is 3.50. The van der Waals surface area contributed by atoms with Crippen molar-refractivity contribution >= 4 is 17.5 Å². The van der Waals surface area contributed by atoms with Crippen molar-refractivity contribution in [1.29, 1.82) is 0 Å². The molecule has 2 aliphatic rings. The SMILES string of the molecule is O=C(N[C@@H]1CCCNC1)C1(c2ccc(Cl)cc2)CC1. The van der Waals surface area contributed by atoms with E-state index in [-0.39, 0.29) is 17.4 Å². The maximum absolute atomic E-state index is 12.5. The Hall–Kier alpha value is -1.06.